The quantitative estimate of drug-likeness (QED) is 0.620. The van der Waals surface area contributed by atoms with Crippen molar-refractivity contribution in [2.24, 2.45) is 5.92 Å². The molecule has 1 aliphatic carbocycles. The number of benzene rings is 1. The minimum atomic E-state index is -3.63. The Labute approximate surface area is 141 Å². The lowest BCUT2D eigenvalue weighted by atomic mass is 10.1. The molecule has 1 amide bonds. The van der Waals surface area contributed by atoms with Crippen molar-refractivity contribution in [1.29, 1.82) is 0 Å². The smallest absolute Gasteiger partial charge is 0.303 e. The molecule has 0 spiro atoms. The Morgan fingerprint density at radius 3 is 2.67 bits per heavy atom. The highest BCUT2D eigenvalue weighted by Gasteiger charge is 2.24. The van der Waals surface area contributed by atoms with Gasteiger partial charge in [-0.3, -0.25) is 9.59 Å². The fourth-order valence-electron chi connectivity index (χ4n) is 2.16. The summed E-state index contributed by atoms with van der Waals surface area (Å²) >= 11 is 0. The van der Waals surface area contributed by atoms with Gasteiger partial charge in [0.15, 0.2) is 0 Å². The minimum Gasteiger partial charge on any atom is -0.481 e. The molecule has 2 rings (SSSR count). The minimum absolute atomic E-state index is 0.0407. The summed E-state index contributed by atoms with van der Waals surface area (Å²) in [5.41, 5.74) is 0.228. The standard InChI is InChI=1S/C16H22N2O5S/c1-11(5-8-15(19)20)18-16(21)13-3-2-4-14(9-13)24(22,23)17-10-12-6-7-12/h2-4,9,11-12,17H,5-8,10H2,1H3,(H,18,21)(H,19,20). The molecule has 132 valence electrons. The number of rotatable bonds is 9. The average molecular weight is 354 g/mol. The normalized spacial score (nSPS) is 15.7. The van der Waals surface area contributed by atoms with E-state index < -0.39 is 21.9 Å². The van der Waals surface area contributed by atoms with Crippen LogP contribution >= 0.6 is 0 Å². The van der Waals surface area contributed by atoms with Crippen LogP contribution in [0.15, 0.2) is 29.2 Å². The van der Waals surface area contributed by atoms with E-state index >= 15 is 0 Å². The number of carbonyl (C=O) groups excluding carboxylic acids is 1. The number of hydrogen-bond donors (Lipinski definition) is 3. The predicted molar refractivity (Wildman–Crippen MR) is 88.2 cm³/mol. The molecule has 1 saturated carbocycles. The van der Waals surface area contributed by atoms with Crippen LogP contribution in [0.5, 0.6) is 0 Å². The van der Waals surface area contributed by atoms with Gasteiger partial charge in [0.05, 0.1) is 4.90 Å². The van der Waals surface area contributed by atoms with Crippen molar-refractivity contribution in [2.45, 2.75) is 43.5 Å². The molecule has 0 radical (unpaired) electrons. The van der Waals surface area contributed by atoms with Gasteiger partial charge in [0.1, 0.15) is 0 Å². The SMILES string of the molecule is CC(CCC(=O)O)NC(=O)c1cccc(S(=O)(=O)NCC2CC2)c1. The van der Waals surface area contributed by atoms with Crippen molar-refractivity contribution in [1.82, 2.24) is 10.0 Å². The molecule has 1 aliphatic rings. The van der Waals surface area contributed by atoms with E-state index in [4.69, 9.17) is 5.11 Å². The van der Waals surface area contributed by atoms with Crippen molar-refractivity contribution in [3.8, 4) is 0 Å². The summed E-state index contributed by atoms with van der Waals surface area (Å²) in [5, 5.41) is 11.3. The summed E-state index contributed by atoms with van der Waals surface area (Å²) in [5.74, 6) is -0.931. The second-order valence-corrected chi connectivity index (χ2v) is 7.90. The Morgan fingerprint density at radius 1 is 1.33 bits per heavy atom. The number of amides is 1. The zero-order valence-electron chi connectivity index (χ0n) is 13.5. The van der Waals surface area contributed by atoms with Gasteiger partial charge in [-0.15, -0.1) is 0 Å². The molecule has 24 heavy (non-hydrogen) atoms. The van der Waals surface area contributed by atoms with Gasteiger partial charge < -0.3 is 10.4 Å². The van der Waals surface area contributed by atoms with E-state index in [2.05, 4.69) is 10.0 Å². The number of sulfonamides is 1. The third-order valence-corrected chi connectivity index (χ3v) is 5.26. The van der Waals surface area contributed by atoms with Gasteiger partial charge in [0.25, 0.3) is 5.91 Å². The van der Waals surface area contributed by atoms with Crippen molar-refractivity contribution >= 4 is 21.9 Å². The maximum absolute atomic E-state index is 12.2. The molecular weight excluding hydrogens is 332 g/mol. The van der Waals surface area contributed by atoms with Gasteiger partial charge >= 0.3 is 5.97 Å². The van der Waals surface area contributed by atoms with Crippen LogP contribution < -0.4 is 10.0 Å². The number of aliphatic carboxylic acids is 1. The number of carboxylic acid groups (broad SMARTS) is 1. The van der Waals surface area contributed by atoms with E-state index in [-0.39, 0.29) is 22.9 Å². The average Bonchev–Trinajstić information content (AvgIpc) is 3.35. The molecule has 1 unspecified atom stereocenters. The second kappa shape index (κ2) is 7.76. The van der Waals surface area contributed by atoms with Crippen LogP contribution in [-0.4, -0.2) is 38.0 Å². The van der Waals surface area contributed by atoms with Crippen LogP contribution in [0, 0.1) is 5.92 Å². The predicted octanol–water partition coefficient (Wildman–Crippen LogP) is 1.36. The van der Waals surface area contributed by atoms with Gasteiger partial charge in [-0.05, 0) is 50.3 Å². The highest BCUT2D eigenvalue weighted by molar-refractivity contribution is 7.89. The Morgan fingerprint density at radius 2 is 2.04 bits per heavy atom. The lowest BCUT2D eigenvalue weighted by Crippen LogP contribution is -2.33. The molecule has 3 N–H and O–H groups in total. The van der Waals surface area contributed by atoms with Crippen LogP contribution in [0.3, 0.4) is 0 Å². The van der Waals surface area contributed by atoms with E-state index in [9.17, 15) is 18.0 Å². The third kappa shape index (κ3) is 5.61. The van der Waals surface area contributed by atoms with Gasteiger partial charge in [0.2, 0.25) is 10.0 Å². The molecule has 0 saturated heterocycles. The van der Waals surface area contributed by atoms with Crippen LogP contribution in [0.1, 0.15) is 43.0 Å². The van der Waals surface area contributed by atoms with E-state index in [0.717, 1.165) is 12.8 Å². The van der Waals surface area contributed by atoms with Crippen LogP contribution in [0.4, 0.5) is 0 Å². The maximum atomic E-state index is 12.2. The number of nitrogens with one attached hydrogen (secondary N) is 2. The van der Waals surface area contributed by atoms with Gasteiger partial charge in [-0.1, -0.05) is 6.07 Å². The topological polar surface area (TPSA) is 113 Å². The van der Waals surface area contributed by atoms with Crippen molar-refractivity contribution < 1.29 is 23.1 Å². The summed E-state index contributed by atoms with van der Waals surface area (Å²) in [6, 6.07) is 5.50. The monoisotopic (exact) mass is 354 g/mol. The zero-order valence-corrected chi connectivity index (χ0v) is 14.3. The lowest BCUT2D eigenvalue weighted by molar-refractivity contribution is -0.137. The Bertz CT molecular complexity index is 713. The van der Waals surface area contributed by atoms with Gasteiger partial charge in [-0.2, -0.15) is 0 Å². The molecular formula is C16H22N2O5S. The molecule has 0 heterocycles. The molecule has 1 fully saturated rings. The summed E-state index contributed by atoms with van der Waals surface area (Å²) in [4.78, 5) is 22.8. The Balaban J connectivity index is 2.00. The summed E-state index contributed by atoms with van der Waals surface area (Å²) in [6.07, 6.45) is 2.35. The first-order valence-electron chi connectivity index (χ1n) is 7.90. The highest BCUT2D eigenvalue weighted by Crippen LogP contribution is 2.28. The summed E-state index contributed by atoms with van der Waals surface area (Å²) in [6.45, 7) is 2.13. The molecule has 0 aliphatic heterocycles. The second-order valence-electron chi connectivity index (χ2n) is 6.13. The fraction of sp³-hybridized carbons (Fsp3) is 0.500. The largest absolute Gasteiger partial charge is 0.481 e. The maximum Gasteiger partial charge on any atom is 0.303 e. The highest BCUT2D eigenvalue weighted by atomic mass is 32.2. The number of carboxylic acids is 1. The summed E-state index contributed by atoms with van der Waals surface area (Å²) in [7, 11) is -3.63. The van der Waals surface area contributed by atoms with E-state index in [1.165, 1.54) is 24.3 Å². The van der Waals surface area contributed by atoms with Crippen LogP contribution in [0.25, 0.3) is 0 Å². The van der Waals surface area contributed by atoms with Crippen LogP contribution in [-0.2, 0) is 14.8 Å². The first-order chi connectivity index (χ1) is 11.3. The molecule has 8 heteroatoms. The van der Waals surface area contributed by atoms with E-state index in [0.29, 0.717) is 18.9 Å². The first-order valence-corrected chi connectivity index (χ1v) is 9.38. The van der Waals surface area contributed by atoms with Gasteiger partial charge in [0, 0.05) is 24.6 Å². The molecule has 1 aromatic rings. The molecule has 0 aromatic heterocycles. The van der Waals surface area contributed by atoms with E-state index in [1.54, 1.807) is 6.92 Å². The number of hydrogen-bond acceptors (Lipinski definition) is 4. The zero-order chi connectivity index (χ0) is 17.7. The molecule has 7 nitrogen and oxygen atoms in total. The van der Waals surface area contributed by atoms with Crippen LogP contribution in [0.2, 0.25) is 0 Å². The van der Waals surface area contributed by atoms with Gasteiger partial charge in [-0.25, -0.2) is 13.1 Å². The summed E-state index contributed by atoms with van der Waals surface area (Å²) < 4.78 is 27.0. The van der Waals surface area contributed by atoms with Crippen molar-refractivity contribution in [2.75, 3.05) is 6.54 Å². The van der Waals surface area contributed by atoms with Crippen molar-refractivity contribution in [3.05, 3.63) is 29.8 Å². The fourth-order valence-corrected chi connectivity index (χ4v) is 3.32. The third-order valence-electron chi connectivity index (χ3n) is 3.83. The number of carbonyl (C=O) groups is 2. The lowest BCUT2D eigenvalue weighted by Gasteiger charge is -2.13. The molecule has 1 atom stereocenters. The first kappa shape index (κ1) is 18.4. The van der Waals surface area contributed by atoms with Crippen molar-refractivity contribution in [3.63, 3.8) is 0 Å². The Hall–Kier alpha value is -1.93. The van der Waals surface area contributed by atoms with E-state index in [1.807, 2.05) is 0 Å². The molecule has 0 bridgehead atoms. The Kier molecular flexibility index (Phi) is 5.95. The molecule has 1 aromatic carbocycles.